The van der Waals surface area contributed by atoms with Crippen molar-refractivity contribution in [3.63, 3.8) is 0 Å². The van der Waals surface area contributed by atoms with E-state index in [0.717, 1.165) is 11.3 Å². The lowest BCUT2D eigenvalue weighted by Gasteiger charge is -2.33. The number of hydrogen-bond donors (Lipinski definition) is 0. The molecule has 1 amide bonds. The van der Waals surface area contributed by atoms with Gasteiger partial charge in [-0.15, -0.1) is 0 Å². The molecule has 108 valence electrons. The van der Waals surface area contributed by atoms with Crippen LogP contribution in [0.1, 0.15) is 12.5 Å². The van der Waals surface area contributed by atoms with Crippen molar-refractivity contribution in [3.05, 3.63) is 52.3 Å². The van der Waals surface area contributed by atoms with Gasteiger partial charge < -0.3 is 9.64 Å². The van der Waals surface area contributed by atoms with E-state index in [-0.39, 0.29) is 5.91 Å². The zero-order valence-electron chi connectivity index (χ0n) is 11.2. The number of aromatic nitrogens is 1. The maximum absolute atomic E-state index is 12.4. The Balaban J connectivity index is 1.99. The normalized spacial score (nSPS) is 17.4. The van der Waals surface area contributed by atoms with Crippen LogP contribution in [0.4, 0.5) is 5.69 Å². The molecule has 0 N–H and O–H groups in total. The van der Waals surface area contributed by atoms with Crippen LogP contribution >= 0.6 is 23.2 Å². The summed E-state index contributed by atoms with van der Waals surface area (Å²) in [6.07, 6.45) is -0.529. The van der Waals surface area contributed by atoms with Gasteiger partial charge in [0.2, 0.25) is 0 Å². The van der Waals surface area contributed by atoms with E-state index in [1.54, 1.807) is 24.0 Å². The number of para-hydroxylation sites is 2. The lowest BCUT2D eigenvalue weighted by Crippen LogP contribution is -2.44. The Morgan fingerprint density at radius 1 is 1.24 bits per heavy atom. The van der Waals surface area contributed by atoms with E-state index in [1.165, 1.54) is 0 Å². The third-order valence-corrected chi connectivity index (χ3v) is 3.83. The summed E-state index contributed by atoms with van der Waals surface area (Å²) in [4.78, 5) is 18.0. The maximum Gasteiger partial charge on any atom is 0.268 e. The molecule has 1 aromatic heterocycles. The highest BCUT2D eigenvalue weighted by Gasteiger charge is 2.31. The molecular formula is C15H12Cl2N2O2. The van der Waals surface area contributed by atoms with E-state index >= 15 is 0 Å². The number of pyridine rings is 1. The number of rotatable bonds is 2. The van der Waals surface area contributed by atoms with Crippen LogP contribution in [0, 0.1) is 0 Å². The first-order valence-corrected chi connectivity index (χ1v) is 7.20. The molecule has 6 heteroatoms. The number of hydrogen-bond acceptors (Lipinski definition) is 3. The third kappa shape index (κ3) is 2.69. The molecule has 1 aliphatic rings. The molecule has 0 bridgehead atoms. The number of nitrogens with zero attached hydrogens (tertiary/aromatic N) is 2. The summed E-state index contributed by atoms with van der Waals surface area (Å²) in [5, 5.41) is 0.623. The van der Waals surface area contributed by atoms with Gasteiger partial charge in [0, 0.05) is 5.56 Å². The van der Waals surface area contributed by atoms with Gasteiger partial charge in [0.05, 0.1) is 12.2 Å². The molecule has 2 heterocycles. The molecule has 0 saturated carbocycles. The van der Waals surface area contributed by atoms with Gasteiger partial charge in [-0.2, -0.15) is 0 Å². The van der Waals surface area contributed by atoms with Gasteiger partial charge in [-0.1, -0.05) is 41.4 Å². The van der Waals surface area contributed by atoms with Crippen molar-refractivity contribution in [3.8, 4) is 5.75 Å². The molecule has 1 aliphatic heterocycles. The van der Waals surface area contributed by atoms with E-state index in [2.05, 4.69) is 4.98 Å². The van der Waals surface area contributed by atoms with Crippen molar-refractivity contribution in [1.29, 1.82) is 0 Å². The standard InChI is InChI=1S/C15H12Cl2N2O2/c1-9-15(20)19(11-4-2-3-5-12(11)21-9)8-10-6-7-13(16)18-14(10)17/h2-7,9H,8H2,1H3. The van der Waals surface area contributed by atoms with Crippen LogP contribution in [0.5, 0.6) is 5.75 Å². The molecule has 0 fully saturated rings. The quantitative estimate of drug-likeness (QED) is 0.792. The number of fused-ring (bicyclic) bond motifs is 1. The molecule has 0 radical (unpaired) electrons. The van der Waals surface area contributed by atoms with Gasteiger partial charge in [0.25, 0.3) is 5.91 Å². The highest BCUT2D eigenvalue weighted by atomic mass is 35.5. The van der Waals surface area contributed by atoms with Crippen LogP contribution in [-0.2, 0) is 11.3 Å². The topological polar surface area (TPSA) is 42.4 Å². The van der Waals surface area contributed by atoms with Crippen LogP contribution in [0.15, 0.2) is 36.4 Å². The first-order chi connectivity index (χ1) is 10.1. The second-order valence-electron chi connectivity index (χ2n) is 4.74. The molecule has 1 unspecified atom stereocenters. The van der Waals surface area contributed by atoms with Gasteiger partial charge in [-0.25, -0.2) is 4.98 Å². The van der Waals surface area contributed by atoms with Crippen molar-refractivity contribution in [2.24, 2.45) is 0 Å². The van der Waals surface area contributed by atoms with Crippen molar-refractivity contribution in [1.82, 2.24) is 4.98 Å². The van der Waals surface area contributed by atoms with E-state index in [4.69, 9.17) is 27.9 Å². The SMILES string of the molecule is CC1Oc2ccccc2N(Cc2ccc(Cl)nc2Cl)C1=O. The van der Waals surface area contributed by atoms with E-state index in [1.807, 2.05) is 24.3 Å². The Morgan fingerprint density at radius 2 is 2.00 bits per heavy atom. The van der Waals surface area contributed by atoms with Gasteiger partial charge in [0.1, 0.15) is 16.1 Å². The third-order valence-electron chi connectivity index (χ3n) is 3.29. The molecule has 1 atom stereocenters. The number of carbonyl (C=O) groups excluding carboxylic acids is 1. The number of carbonyl (C=O) groups is 1. The maximum atomic E-state index is 12.4. The van der Waals surface area contributed by atoms with Crippen LogP contribution < -0.4 is 9.64 Å². The minimum atomic E-state index is -0.529. The minimum Gasteiger partial charge on any atom is -0.479 e. The molecule has 0 spiro atoms. The lowest BCUT2D eigenvalue weighted by atomic mass is 10.1. The van der Waals surface area contributed by atoms with Crippen molar-refractivity contribution >= 4 is 34.8 Å². The summed E-state index contributed by atoms with van der Waals surface area (Å²) < 4.78 is 5.60. The largest absolute Gasteiger partial charge is 0.479 e. The lowest BCUT2D eigenvalue weighted by molar-refractivity contribution is -0.125. The fourth-order valence-electron chi connectivity index (χ4n) is 2.25. The molecule has 0 aliphatic carbocycles. The van der Waals surface area contributed by atoms with Gasteiger partial charge >= 0.3 is 0 Å². The summed E-state index contributed by atoms with van der Waals surface area (Å²) in [5.41, 5.74) is 1.46. The second-order valence-corrected chi connectivity index (χ2v) is 5.48. The average Bonchev–Trinajstić information content (AvgIpc) is 2.46. The zero-order valence-corrected chi connectivity index (χ0v) is 12.7. The average molecular weight is 323 g/mol. The molecular weight excluding hydrogens is 311 g/mol. The fourth-order valence-corrected chi connectivity index (χ4v) is 2.66. The Hall–Kier alpha value is -1.78. The monoisotopic (exact) mass is 322 g/mol. The predicted octanol–water partition coefficient (Wildman–Crippen LogP) is 3.70. The summed E-state index contributed by atoms with van der Waals surface area (Å²) in [5.74, 6) is 0.572. The summed E-state index contributed by atoms with van der Waals surface area (Å²) in [6, 6.07) is 10.8. The van der Waals surface area contributed by atoms with Crippen LogP contribution in [-0.4, -0.2) is 17.0 Å². The molecule has 21 heavy (non-hydrogen) atoms. The first kappa shape index (κ1) is 14.2. The van der Waals surface area contributed by atoms with Crippen LogP contribution in [0.25, 0.3) is 0 Å². The number of anilines is 1. The summed E-state index contributed by atoms with van der Waals surface area (Å²) >= 11 is 11.9. The van der Waals surface area contributed by atoms with Crippen LogP contribution in [0.2, 0.25) is 10.3 Å². The van der Waals surface area contributed by atoms with Gasteiger partial charge in [0.15, 0.2) is 6.10 Å². The zero-order chi connectivity index (χ0) is 15.0. The molecule has 3 rings (SSSR count). The van der Waals surface area contributed by atoms with E-state index in [9.17, 15) is 4.79 Å². The fraction of sp³-hybridized carbons (Fsp3) is 0.200. The van der Waals surface area contributed by atoms with Crippen molar-refractivity contribution < 1.29 is 9.53 Å². The Kier molecular flexibility index (Phi) is 3.74. The molecule has 0 saturated heterocycles. The number of amides is 1. The second kappa shape index (κ2) is 5.54. The highest BCUT2D eigenvalue weighted by molar-refractivity contribution is 6.32. The van der Waals surface area contributed by atoms with Gasteiger partial charge in [-0.3, -0.25) is 4.79 Å². The molecule has 2 aromatic rings. The number of halogens is 2. The Morgan fingerprint density at radius 3 is 2.76 bits per heavy atom. The Bertz CT molecular complexity index is 706. The van der Waals surface area contributed by atoms with Crippen molar-refractivity contribution in [2.75, 3.05) is 4.90 Å². The van der Waals surface area contributed by atoms with Crippen molar-refractivity contribution in [2.45, 2.75) is 19.6 Å². The van der Waals surface area contributed by atoms with Crippen LogP contribution in [0.3, 0.4) is 0 Å². The minimum absolute atomic E-state index is 0.111. The highest BCUT2D eigenvalue weighted by Crippen LogP contribution is 2.35. The Labute approximate surface area is 132 Å². The number of ether oxygens (including phenoxy) is 1. The smallest absolute Gasteiger partial charge is 0.268 e. The van der Waals surface area contributed by atoms with E-state index < -0.39 is 6.10 Å². The molecule has 4 nitrogen and oxygen atoms in total. The summed E-state index contributed by atoms with van der Waals surface area (Å²) in [6.45, 7) is 2.06. The first-order valence-electron chi connectivity index (χ1n) is 6.44. The van der Waals surface area contributed by atoms with Gasteiger partial charge in [-0.05, 0) is 25.1 Å². The van der Waals surface area contributed by atoms with E-state index in [0.29, 0.717) is 22.6 Å². The predicted molar refractivity (Wildman–Crippen MR) is 82.0 cm³/mol. The summed E-state index contributed by atoms with van der Waals surface area (Å²) in [7, 11) is 0. The number of benzene rings is 1. The molecule has 1 aromatic carbocycles.